The number of rotatable bonds is 8. The van der Waals surface area contributed by atoms with E-state index in [1.807, 2.05) is 17.5 Å². The summed E-state index contributed by atoms with van der Waals surface area (Å²) >= 11 is 4.13. The second kappa shape index (κ2) is 9.37. The summed E-state index contributed by atoms with van der Waals surface area (Å²) in [7, 11) is 0. The first-order valence-corrected chi connectivity index (χ1v) is 12.4. The first-order chi connectivity index (χ1) is 15.0. The van der Waals surface area contributed by atoms with Crippen molar-refractivity contribution in [2.24, 2.45) is 0 Å². The quantitative estimate of drug-likeness (QED) is 0.340. The lowest BCUT2D eigenvalue weighted by molar-refractivity contribution is -0.139. The molecule has 0 aromatic carbocycles. The molecule has 1 saturated carbocycles. The molecule has 164 valence electrons. The Morgan fingerprint density at radius 1 is 1.35 bits per heavy atom. The summed E-state index contributed by atoms with van der Waals surface area (Å²) in [5, 5.41) is 16.4. The molecule has 3 amide bonds. The van der Waals surface area contributed by atoms with Gasteiger partial charge in [0.2, 0.25) is 11.0 Å². The predicted molar refractivity (Wildman–Crippen MR) is 119 cm³/mol. The number of urea groups is 1. The van der Waals surface area contributed by atoms with Crippen LogP contribution in [-0.2, 0) is 14.3 Å². The highest BCUT2D eigenvalue weighted by molar-refractivity contribution is 8.01. The smallest absolute Gasteiger partial charge is 0.338 e. The van der Waals surface area contributed by atoms with Crippen LogP contribution in [0.3, 0.4) is 0 Å². The second-order valence-corrected chi connectivity index (χ2v) is 10.1. The number of anilines is 1. The van der Waals surface area contributed by atoms with Gasteiger partial charge in [0.25, 0.3) is 0 Å². The van der Waals surface area contributed by atoms with Gasteiger partial charge in [0.05, 0.1) is 18.2 Å². The number of amides is 3. The topological polar surface area (TPSA) is 114 Å². The van der Waals surface area contributed by atoms with E-state index in [1.165, 1.54) is 41.4 Å². The highest BCUT2D eigenvalue weighted by Crippen LogP contribution is 2.37. The van der Waals surface area contributed by atoms with E-state index in [2.05, 4.69) is 20.8 Å². The van der Waals surface area contributed by atoms with Gasteiger partial charge in [0.15, 0.2) is 4.34 Å². The molecule has 2 aromatic heterocycles. The summed E-state index contributed by atoms with van der Waals surface area (Å²) in [6.07, 6.45) is 1.95. The Balaban J connectivity index is 1.57. The Morgan fingerprint density at radius 3 is 2.81 bits per heavy atom. The zero-order valence-corrected chi connectivity index (χ0v) is 19.4. The number of hydrogen-bond donors (Lipinski definition) is 2. The molecule has 0 saturated heterocycles. The van der Waals surface area contributed by atoms with Crippen molar-refractivity contribution in [3.8, 4) is 0 Å². The molecule has 4 rings (SSSR count). The number of esters is 1. The Labute approximate surface area is 191 Å². The monoisotopic (exact) mass is 479 g/mol. The highest BCUT2D eigenvalue weighted by atomic mass is 32.2. The van der Waals surface area contributed by atoms with E-state index in [0.717, 1.165) is 17.7 Å². The summed E-state index contributed by atoms with van der Waals surface area (Å²) in [6.45, 7) is 3.50. The second-order valence-electron chi connectivity index (χ2n) is 6.92. The van der Waals surface area contributed by atoms with Crippen LogP contribution < -0.4 is 15.5 Å². The molecule has 12 heteroatoms. The van der Waals surface area contributed by atoms with E-state index >= 15 is 0 Å². The molecule has 3 heterocycles. The Morgan fingerprint density at radius 2 is 2.16 bits per heavy atom. The lowest BCUT2D eigenvalue weighted by Crippen LogP contribution is -2.46. The molecule has 0 radical (unpaired) electrons. The molecular formula is C19H21N5O4S3. The molecule has 2 aliphatic rings. The number of carbonyl (C=O) groups excluding carboxylic acids is 3. The largest absolute Gasteiger partial charge is 0.463 e. The minimum absolute atomic E-state index is 0.0492. The van der Waals surface area contributed by atoms with Gasteiger partial charge in [-0.3, -0.25) is 9.69 Å². The molecule has 1 aliphatic carbocycles. The van der Waals surface area contributed by atoms with Crippen LogP contribution in [0.2, 0.25) is 0 Å². The zero-order chi connectivity index (χ0) is 22.0. The van der Waals surface area contributed by atoms with Gasteiger partial charge in [0.1, 0.15) is 0 Å². The number of ether oxygens (including phenoxy) is 1. The number of nitrogens with one attached hydrogen (secondary N) is 2. The summed E-state index contributed by atoms with van der Waals surface area (Å²) in [6, 6.07) is 3.00. The fourth-order valence-electron chi connectivity index (χ4n) is 3.22. The molecule has 2 aromatic rings. The van der Waals surface area contributed by atoms with E-state index in [1.54, 1.807) is 11.8 Å². The molecule has 2 N–H and O–H groups in total. The molecule has 9 nitrogen and oxygen atoms in total. The van der Waals surface area contributed by atoms with Crippen molar-refractivity contribution in [1.82, 2.24) is 20.8 Å². The minimum Gasteiger partial charge on any atom is -0.463 e. The van der Waals surface area contributed by atoms with Crippen molar-refractivity contribution in [3.63, 3.8) is 0 Å². The van der Waals surface area contributed by atoms with Crippen LogP contribution in [0.15, 0.2) is 33.1 Å². The van der Waals surface area contributed by atoms with Gasteiger partial charge in [-0.2, -0.15) is 0 Å². The molecule has 1 atom stereocenters. The van der Waals surface area contributed by atoms with Crippen molar-refractivity contribution in [3.05, 3.63) is 33.7 Å². The van der Waals surface area contributed by atoms with Gasteiger partial charge < -0.3 is 15.4 Å². The number of aromatic nitrogens is 2. The van der Waals surface area contributed by atoms with Gasteiger partial charge in [-0.1, -0.05) is 29.2 Å². The van der Waals surface area contributed by atoms with Crippen molar-refractivity contribution in [2.75, 3.05) is 17.3 Å². The standard InChI is InChI=1S/C19H21N5O4S3/c1-3-28-16(26)14-12(20-17(27)21-15(14)13-5-4-8-29-13)9-30-19-23-22-18(31-19)24(10(2)25)11-6-7-11/h4-5,8,11,15H,3,6-7,9H2,1-2H3,(H2,20,21,27). The summed E-state index contributed by atoms with van der Waals surface area (Å²) in [5.74, 6) is -0.216. The van der Waals surface area contributed by atoms with Crippen LogP contribution in [0.5, 0.6) is 0 Å². The third-order valence-corrected chi connectivity index (χ3v) is 7.69. The van der Waals surface area contributed by atoms with Crippen LogP contribution in [0, 0.1) is 0 Å². The fourth-order valence-corrected chi connectivity index (χ4v) is 5.93. The number of carbonyl (C=O) groups is 3. The maximum absolute atomic E-state index is 12.7. The number of thiophene rings is 1. The van der Waals surface area contributed by atoms with E-state index in [9.17, 15) is 14.4 Å². The summed E-state index contributed by atoms with van der Waals surface area (Å²) in [5.41, 5.74) is 0.859. The van der Waals surface area contributed by atoms with Gasteiger partial charge in [-0.25, -0.2) is 9.59 Å². The molecular weight excluding hydrogens is 458 g/mol. The Hall–Kier alpha value is -2.44. The van der Waals surface area contributed by atoms with E-state index < -0.39 is 12.0 Å². The average molecular weight is 480 g/mol. The maximum atomic E-state index is 12.7. The molecule has 0 spiro atoms. The fraction of sp³-hybridized carbons (Fsp3) is 0.421. The molecule has 1 fully saturated rings. The van der Waals surface area contributed by atoms with Crippen LogP contribution in [-0.4, -0.2) is 46.5 Å². The number of hydrogen-bond acceptors (Lipinski definition) is 9. The van der Waals surface area contributed by atoms with E-state index in [4.69, 9.17) is 4.74 Å². The molecule has 1 unspecified atom stereocenters. The van der Waals surface area contributed by atoms with Crippen molar-refractivity contribution < 1.29 is 19.1 Å². The zero-order valence-electron chi connectivity index (χ0n) is 16.9. The van der Waals surface area contributed by atoms with Crippen molar-refractivity contribution in [2.45, 2.75) is 43.1 Å². The predicted octanol–water partition coefficient (Wildman–Crippen LogP) is 3.08. The normalized spacial score (nSPS) is 18.4. The molecule has 1 aliphatic heterocycles. The van der Waals surface area contributed by atoms with Crippen LogP contribution in [0.25, 0.3) is 0 Å². The molecule has 31 heavy (non-hydrogen) atoms. The minimum atomic E-state index is -0.573. The summed E-state index contributed by atoms with van der Waals surface area (Å²) in [4.78, 5) is 39.5. The number of thioether (sulfide) groups is 1. The van der Waals surface area contributed by atoms with Gasteiger partial charge >= 0.3 is 12.0 Å². The first kappa shape index (κ1) is 21.8. The lowest BCUT2D eigenvalue weighted by Gasteiger charge is -2.28. The Bertz CT molecular complexity index is 1020. The maximum Gasteiger partial charge on any atom is 0.338 e. The SMILES string of the molecule is CCOC(=O)C1=C(CSc2nnc(N(C(C)=O)C3CC3)s2)NC(=O)NC1c1cccs1. The van der Waals surface area contributed by atoms with Gasteiger partial charge in [0, 0.05) is 29.3 Å². The van der Waals surface area contributed by atoms with Crippen LogP contribution >= 0.6 is 34.4 Å². The van der Waals surface area contributed by atoms with Crippen LogP contribution in [0.1, 0.15) is 37.6 Å². The summed E-state index contributed by atoms with van der Waals surface area (Å²) < 4.78 is 5.91. The van der Waals surface area contributed by atoms with Gasteiger partial charge in [-0.05, 0) is 31.2 Å². The number of nitrogens with zero attached hydrogens (tertiary/aromatic N) is 3. The Kier molecular flexibility index (Phi) is 6.58. The van der Waals surface area contributed by atoms with E-state index in [0.29, 0.717) is 26.5 Å². The average Bonchev–Trinajstić information content (AvgIpc) is 3.21. The van der Waals surface area contributed by atoms with Crippen molar-refractivity contribution in [1.29, 1.82) is 0 Å². The third-order valence-electron chi connectivity index (χ3n) is 4.67. The van der Waals surface area contributed by atoms with E-state index in [-0.39, 0.29) is 24.6 Å². The first-order valence-electron chi connectivity index (χ1n) is 9.75. The molecule has 0 bridgehead atoms. The van der Waals surface area contributed by atoms with Gasteiger partial charge in [-0.15, -0.1) is 21.5 Å². The van der Waals surface area contributed by atoms with Crippen molar-refractivity contribution >= 4 is 57.5 Å². The lowest BCUT2D eigenvalue weighted by atomic mass is 10.0. The third kappa shape index (κ3) is 4.91. The highest BCUT2D eigenvalue weighted by Gasteiger charge is 2.36. The van der Waals surface area contributed by atoms with Crippen LogP contribution in [0.4, 0.5) is 9.93 Å².